The van der Waals surface area contributed by atoms with Crippen LogP contribution < -0.4 is 10.1 Å². The summed E-state index contributed by atoms with van der Waals surface area (Å²) in [6, 6.07) is 8.79. The summed E-state index contributed by atoms with van der Waals surface area (Å²) in [5.74, 6) is 0.112. The fourth-order valence-corrected chi connectivity index (χ4v) is 1.74. The first-order valence-corrected chi connectivity index (χ1v) is 6.19. The van der Waals surface area contributed by atoms with Gasteiger partial charge in [-0.3, -0.25) is 4.79 Å². The molecule has 1 aliphatic rings. The maximum absolute atomic E-state index is 11.9. The van der Waals surface area contributed by atoms with Crippen LogP contribution in [0, 0.1) is 11.3 Å². The molecule has 1 aliphatic carbocycles. The van der Waals surface area contributed by atoms with Gasteiger partial charge in [0, 0.05) is 0 Å². The van der Waals surface area contributed by atoms with Crippen LogP contribution in [-0.4, -0.2) is 29.3 Å². The Morgan fingerprint density at radius 3 is 2.84 bits per heavy atom. The van der Waals surface area contributed by atoms with E-state index in [4.69, 9.17) is 15.1 Å². The van der Waals surface area contributed by atoms with E-state index in [9.17, 15) is 4.79 Å². The fraction of sp³-hybridized carbons (Fsp3) is 0.429. The number of benzene rings is 1. The molecule has 5 nitrogen and oxygen atoms in total. The van der Waals surface area contributed by atoms with Crippen LogP contribution in [0.2, 0.25) is 0 Å². The molecule has 1 saturated carbocycles. The van der Waals surface area contributed by atoms with Crippen molar-refractivity contribution in [2.75, 3.05) is 6.61 Å². The largest absolute Gasteiger partial charge is 0.480 e. The number of nitriles is 1. The van der Waals surface area contributed by atoms with Gasteiger partial charge in [0.05, 0.1) is 17.7 Å². The molecule has 0 aromatic heterocycles. The van der Waals surface area contributed by atoms with E-state index in [0.717, 1.165) is 12.8 Å². The van der Waals surface area contributed by atoms with E-state index in [-0.39, 0.29) is 12.5 Å². The van der Waals surface area contributed by atoms with Crippen molar-refractivity contribution in [2.24, 2.45) is 0 Å². The van der Waals surface area contributed by atoms with E-state index in [1.807, 2.05) is 6.07 Å². The molecule has 5 heteroatoms. The van der Waals surface area contributed by atoms with Crippen LogP contribution in [0.3, 0.4) is 0 Å². The zero-order valence-corrected chi connectivity index (χ0v) is 10.7. The molecule has 0 radical (unpaired) electrons. The third-order valence-corrected chi connectivity index (χ3v) is 3.23. The van der Waals surface area contributed by atoms with Crippen LogP contribution >= 0.6 is 0 Å². The highest BCUT2D eigenvalue weighted by Crippen LogP contribution is 2.34. The predicted octanol–water partition coefficient (Wildman–Crippen LogP) is 0.967. The first kappa shape index (κ1) is 13.4. The van der Waals surface area contributed by atoms with Gasteiger partial charge in [0.2, 0.25) is 0 Å². The minimum atomic E-state index is -0.710. The van der Waals surface area contributed by atoms with E-state index < -0.39 is 11.6 Å². The van der Waals surface area contributed by atoms with Crippen molar-refractivity contribution < 1.29 is 14.6 Å². The number of aliphatic hydroxyl groups excluding tert-OH is 1. The van der Waals surface area contributed by atoms with Crippen LogP contribution in [0.15, 0.2) is 24.3 Å². The molecule has 2 N–H and O–H groups in total. The fourth-order valence-electron chi connectivity index (χ4n) is 1.74. The Bertz CT molecular complexity index is 518. The number of nitrogens with zero attached hydrogens (tertiary/aromatic N) is 1. The molecule has 2 rings (SSSR count). The highest BCUT2D eigenvalue weighted by atomic mass is 16.5. The normalized spacial score (nSPS) is 17.1. The molecule has 0 spiro atoms. The van der Waals surface area contributed by atoms with E-state index in [0.29, 0.717) is 11.3 Å². The first-order valence-electron chi connectivity index (χ1n) is 6.19. The molecule has 0 bridgehead atoms. The predicted molar refractivity (Wildman–Crippen MR) is 68.4 cm³/mol. The Labute approximate surface area is 111 Å². The van der Waals surface area contributed by atoms with Gasteiger partial charge in [-0.1, -0.05) is 12.1 Å². The second kappa shape index (κ2) is 5.29. The van der Waals surface area contributed by atoms with Crippen LogP contribution in [-0.2, 0) is 4.79 Å². The number of hydrogen-bond donors (Lipinski definition) is 2. The van der Waals surface area contributed by atoms with Crippen molar-refractivity contribution in [1.82, 2.24) is 5.32 Å². The van der Waals surface area contributed by atoms with Crippen LogP contribution in [0.25, 0.3) is 0 Å². The van der Waals surface area contributed by atoms with Crippen molar-refractivity contribution in [3.05, 3.63) is 29.8 Å². The summed E-state index contributed by atoms with van der Waals surface area (Å²) in [6.45, 7) is 1.57. The zero-order chi connectivity index (χ0) is 13.9. The Kier molecular flexibility index (Phi) is 3.72. The van der Waals surface area contributed by atoms with E-state index in [1.165, 1.54) is 0 Å². The molecule has 1 aromatic rings. The average Bonchev–Trinajstić information content (AvgIpc) is 3.19. The summed E-state index contributed by atoms with van der Waals surface area (Å²) < 4.78 is 5.50. The first-order chi connectivity index (χ1) is 9.10. The Morgan fingerprint density at radius 1 is 1.58 bits per heavy atom. The lowest BCUT2D eigenvalue weighted by atomic mass is 10.2. The number of carbonyl (C=O) groups excluding carboxylic acids is 1. The third kappa shape index (κ3) is 3.04. The van der Waals surface area contributed by atoms with Gasteiger partial charge in [-0.05, 0) is 31.9 Å². The molecular weight excluding hydrogens is 244 g/mol. The summed E-state index contributed by atoms with van der Waals surface area (Å²) in [4.78, 5) is 11.9. The lowest BCUT2D eigenvalue weighted by Gasteiger charge is -2.19. The summed E-state index contributed by atoms with van der Waals surface area (Å²) in [5.41, 5.74) is -0.0610. The monoisotopic (exact) mass is 260 g/mol. The topological polar surface area (TPSA) is 82.3 Å². The van der Waals surface area contributed by atoms with Crippen LogP contribution in [0.4, 0.5) is 0 Å². The number of rotatable bonds is 5. The summed E-state index contributed by atoms with van der Waals surface area (Å²) in [7, 11) is 0. The van der Waals surface area contributed by atoms with Gasteiger partial charge in [0.25, 0.3) is 5.91 Å². The second-order valence-corrected chi connectivity index (χ2v) is 4.80. The zero-order valence-electron chi connectivity index (χ0n) is 10.7. The summed E-state index contributed by atoms with van der Waals surface area (Å²) in [6.07, 6.45) is 0.867. The number of para-hydroxylation sites is 1. The van der Waals surface area contributed by atoms with Gasteiger partial charge in [-0.25, -0.2) is 0 Å². The van der Waals surface area contributed by atoms with Crippen molar-refractivity contribution in [1.29, 1.82) is 5.26 Å². The van der Waals surface area contributed by atoms with Crippen LogP contribution in [0.5, 0.6) is 5.75 Å². The number of aliphatic hydroxyl groups is 1. The molecular formula is C14H16N2O3. The standard InChI is InChI=1S/C14H16N2O3/c1-10(13(18)16-14(9-17)6-7-14)19-12-5-3-2-4-11(12)8-15/h2-5,10,17H,6-7,9H2,1H3,(H,16,18). The van der Waals surface area contributed by atoms with Gasteiger partial charge in [0.1, 0.15) is 11.8 Å². The second-order valence-electron chi connectivity index (χ2n) is 4.80. The SMILES string of the molecule is CC(Oc1ccccc1C#N)C(=O)NC1(CO)CC1. The molecule has 1 fully saturated rings. The number of hydrogen-bond acceptors (Lipinski definition) is 4. The average molecular weight is 260 g/mol. The molecule has 0 saturated heterocycles. The molecule has 1 unspecified atom stereocenters. The van der Waals surface area contributed by atoms with Crippen LogP contribution in [0.1, 0.15) is 25.3 Å². The lowest BCUT2D eigenvalue weighted by molar-refractivity contribution is -0.128. The van der Waals surface area contributed by atoms with Crippen molar-refractivity contribution in [2.45, 2.75) is 31.4 Å². The van der Waals surface area contributed by atoms with Crippen molar-refractivity contribution >= 4 is 5.91 Å². The van der Waals surface area contributed by atoms with E-state index >= 15 is 0 Å². The number of ether oxygens (including phenoxy) is 1. The summed E-state index contributed by atoms with van der Waals surface area (Å²) in [5, 5.41) is 20.9. The van der Waals surface area contributed by atoms with Gasteiger partial charge in [0.15, 0.2) is 6.10 Å². The van der Waals surface area contributed by atoms with Gasteiger partial charge < -0.3 is 15.2 Å². The maximum Gasteiger partial charge on any atom is 0.261 e. The Hall–Kier alpha value is -2.06. The number of amides is 1. The highest BCUT2D eigenvalue weighted by molar-refractivity contribution is 5.82. The maximum atomic E-state index is 11.9. The molecule has 1 amide bonds. The highest BCUT2D eigenvalue weighted by Gasteiger charge is 2.44. The minimum Gasteiger partial charge on any atom is -0.480 e. The molecule has 0 aliphatic heterocycles. The summed E-state index contributed by atoms with van der Waals surface area (Å²) >= 11 is 0. The van der Waals surface area contributed by atoms with Gasteiger partial charge >= 0.3 is 0 Å². The molecule has 0 heterocycles. The Morgan fingerprint density at radius 2 is 2.26 bits per heavy atom. The van der Waals surface area contributed by atoms with Crippen molar-refractivity contribution in [3.63, 3.8) is 0 Å². The van der Waals surface area contributed by atoms with Gasteiger partial charge in [-0.2, -0.15) is 5.26 Å². The smallest absolute Gasteiger partial charge is 0.261 e. The molecule has 1 atom stereocenters. The van der Waals surface area contributed by atoms with E-state index in [2.05, 4.69) is 5.32 Å². The molecule has 100 valence electrons. The third-order valence-electron chi connectivity index (χ3n) is 3.23. The minimum absolute atomic E-state index is 0.0553. The van der Waals surface area contributed by atoms with Gasteiger partial charge in [-0.15, -0.1) is 0 Å². The quantitative estimate of drug-likeness (QED) is 0.826. The lowest BCUT2D eigenvalue weighted by Crippen LogP contribution is -2.45. The van der Waals surface area contributed by atoms with E-state index in [1.54, 1.807) is 31.2 Å². The Balaban J connectivity index is 1.99. The van der Waals surface area contributed by atoms with Crippen molar-refractivity contribution in [3.8, 4) is 11.8 Å². The number of nitrogens with one attached hydrogen (secondary N) is 1. The molecule has 19 heavy (non-hydrogen) atoms. The number of carbonyl (C=O) groups is 1. The molecule has 1 aromatic carbocycles.